The molecule has 0 saturated heterocycles. The van der Waals surface area contributed by atoms with Gasteiger partial charge in [-0.25, -0.2) is 0 Å². The van der Waals surface area contributed by atoms with Crippen molar-refractivity contribution in [2.24, 2.45) is 0 Å². The molecule has 0 heterocycles. The van der Waals surface area contributed by atoms with Crippen molar-refractivity contribution in [2.45, 2.75) is 33.2 Å². The van der Waals surface area contributed by atoms with Crippen molar-refractivity contribution in [2.75, 3.05) is 7.05 Å². The Hall–Kier alpha value is -1.32. The number of ether oxygens (including phenoxy) is 1. The molecule has 0 aliphatic heterocycles. The topological polar surface area (TPSA) is 21.3 Å². The van der Waals surface area contributed by atoms with E-state index in [0.29, 0.717) is 5.92 Å². The summed E-state index contributed by atoms with van der Waals surface area (Å²) in [5, 5.41) is 3.16. The second kappa shape index (κ2) is 7.10. The summed E-state index contributed by atoms with van der Waals surface area (Å²) >= 11 is 3.53. The van der Waals surface area contributed by atoms with E-state index < -0.39 is 0 Å². The summed E-state index contributed by atoms with van der Waals surface area (Å²) in [6, 6.07) is 12.5. The summed E-state index contributed by atoms with van der Waals surface area (Å²) in [4.78, 5) is 0. The van der Waals surface area contributed by atoms with E-state index in [4.69, 9.17) is 4.74 Å². The molecule has 0 radical (unpaired) electrons. The van der Waals surface area contributed by atoms with Gasteiger partial charge in [0.2, 0.25) is 0 Å². The summed E-state index contributed by atoms with van der Waals surface area (Å²) in [5.41, 5.74) is 3.63. The predicted molar refractivity (Wildman–Crippen MR) is 92.2 cm³/mol. The maximum Gasteiger partial charge on any atom is 0.130 e. The van der Waals surface area contributed by atoms with E-state index >= 15 is 0 Å². The number of benzene rings is 2. The van der Waals surface area contributed by atoms with Crippen LogP contribution in [-0.2, 0) is 6.54 Å². The molecule has 0 atom stereocenters. The highest BCUT2D eigenvalue weighted by Crippen LogP contribution is 2.34. The molecule has 0 unspecified atom stereocenters. The fourth-order valence-corrected chi connectivity index (χ4v) is 2.70. The number of hydrogen-bond acceptors (Lipinski definition) is 2. The van der Waals surface area contributed by atoms with Crippen LogP contribution in [0.2, 0.25) is 0 Å². The molecule has 0 amide bonds. The lowest BCUT2D eigenvalue weighted by Gasteiger charge is -2.16. The lowest BCUT2D eigenvalue weighted by atomic mass is 10.0. The number of hydrogen-bond donors (Lipinski definition) is 1. The molecule has 0 fully saturated rings. The molecule has 0 aliphatic carbocycles. The van der Waals surface area contributed by atoms with Gasteiger partial charge in [0.1, 0.15) is 11.5 Å². The minimum Gasteiger partial charge on any atom is -0.457 e. The quantitative estimate of drug-likeness (QED) is 0.782. The fraction of sp³-hybridized carbons (Fsp3) is 0.333. The first-order chi connectivity index (χ1) is 10.0. The van der Waals surface area contributed by atoms with Gasteiger partial charge in [-0.05, 0) is 60.8 Å². The molecule has 1 N–H and O–H groups in total. The molecule has 21 heavy (non-hydrogen) atoms. The zero-order valence-electron chi connectivity index (χ0n) is 13.0. The highest BCUT2D eigenvalue weighted by molar-refractivity contribution is 9.10. The van der Waals surface area contributed by atoms with Crippen molar-refractivity contribution < 1.29 is 4.74 Å². The average Bonchev–Trinajstić information content (AvgIpc) is 2.43. The summed E-state index contributed by atoms with van der Waals surface area (Å²) in [7, 11) is 1.95. The first-order valence-electron chi connectivity index (χ1n) is 7.22. The zero-order valence-corrected chi connectivity index (χ0v) is 14.6. The van der Waals surface area contributed by atoms with E-state index in [-0.39, 0.29) is 0 Å². The van der Waals surface area contributed by atoms with Gasteiger partial charge < -0.3 is 10.1 Å². The first kappa shape index (κ1) is 16.1. The molecular weight excluding hydrogens is 326 g/mol. The van der Waals surface area contributed by atoms with Gasteiger partial charge in [-0.15, -0.1) is 0 Å². The molecule has 0 aromatic heterocycles. The maximum atomic E-state index is 6.15. The Labute approximate surface area is 135 Å². The molecule has 2 nitrogen and oxygen atoms in total. The molecule has 2 aromatic rings. The molecule has 0 spiro atoms. The average molecular weight is 348 g/mol. The Kier molecular flexibility index (Phi) is 5.43. The molecule has 0 bridgehead atoms. The largest absolute Gasteiger partial charge is 0.457 e. The van der Waals surface area contributed by atoms with Crippen LogP contribution in [0.5, 0.6) is 11.5 Å². The van der Waals surface area contributed by atoms with Crippen LogP contribution in [0.25, 0.3) is 0 Å². The number of nitrogens with one attached hydrogen (secondary N) is 1. The van der Waals surface area contributed by atoms with E-state index in [2.05, 4.69) is 60.2 Å². The van der Waals surface area contributed by atoms with E-state index in [1.807, 2.05) is 25.2 Å². The highest BCUT2D eigenvalue weighted by atomic mass is 79.9. The summed E-state index contributed by atoms with van der Waals surface area (Å²) in [6.07, 6.45) is 0. The van der Waals surface area contributed by atoms with Gasteiger partial charge in [-0.3, -0.25) is 0 Å². The third kappa shape index (κ3) is 4.08. The number of aryl methyl sites for hydroxylation is 1. The minimum absolute atomic E-state index is 0.418. The Morgan fingerprint density at radius 1 is 1.10 bits per heavy atom. The molecular formula is C18H22BrNO. The van der Waals surface area contributed by atoms with E-state index in [1.54, 1.807) is 0 Å². The molecule has 112 valence electrons. The van der Waals surface area contributed by atoms with Crippen molar-refractivity contribution in [3.05, 3.63) is 57.6 Å². The lowest BCUT2D eigenvalue weighted by Crippen LogP contribution is -2.05. The van der Waals surface area contributed by atoms with Crippen LogP contribution in [0.3, 0.4) is 0 Å². The van der Waals surface area contributed by atoms with E-state index in [9.17, 15) is 0 Å². The summed E-state index contributed by atoms with van der Waals surface area (Å²) in [5.74, 6) is 2.26. The van der Waals surface area contributed by atoms with Gasteiger partial charge >= 0.3 is 0 Å². The van der Waals surface area contributed by atoms with Gasteiger partial charge in [0.05, 0.1) is 0 Å². The standard InChI is InChI=1S/C18H22BrNO/c1-12(2)16-10-15(19)6-8-18(16)21-17-7-5-14(11-20-4)9-13(17)3/h5-10,12,20H,11H2,1-4H3. The van der Waals surface area contributed by atoms with Gasteiger partial charge in [-0.2, -0.15) is 0 Å². The molecule has 0 saturated carbocycles. The maximum absolute atomic E-state index is 6.15. The molecule has 2 aromatic carbocycles. The normalized spacial score (nSPS) is 11.0. The van der Waals surface area contributed by atoms with Crippen molar-refractivity contribution >= 4 is 15.9 Å². The second-order valence-corrected chi connectivity index (χ2v) is 6.48. The zero-order chi connectivity index (χ0) is 15.4. The lowest BCUT2D eigenvalue weighted by molar-refractivity contribution is 0.469. The highest BCUT2D eigenvalue weighted by Gasteiger charge is 2.11. The Morgan fingerprint density at radius 2 is 1.81 bits per heavy atom. The van der Waals surface area contributed by atoms with Crippen LogP contribution in [0.4, 0.5) is 0 Å². The first-order valence-corrected chi connectivity index (χ1v) is 8.02. The number of rotatable bonds is 5. The smallest absolute Gasteiger partial charge is 0.130 e. The number of halogens is 1. The van der Waals surface area contributed by atoms with Crippen molar-refractivity contribution in [3.8, 4) is 11.5 Å². The van der Waals surface area contributed by atoms with Crippen LogP contribution >= 0.6 is 15.9 Å². The van der Waals surface area contributed by atoms with Gasteiger partial charge in [0, 0.05) is 11.0 Å². The second-order valence-electron chi connectivity index (χ2n) is 5.57. The van der Waals surface area contributed by atoms with Crippen LogP contribution in [-0.4, -0.2) is 7.05 Å². The van der Waals surface area contributed by atoms with Crippen molar-refractivity contribution in [1.29, 1.82) is 0 Å². The van der Waals surface area contributed by atoms with Crippen LogP contribution in [0.1, 0.15) is 36.5 Å². The van der Waals surface area contributed by atoms with Gasteiger partial charge in [0.15, 0.2) is 0 Å². The van der Waals surface area contributed by atoms with Crippen LogP contribution < -0.4 is 10.1 Å². The fourth-order valence-electron chi connectivity index (χ4n) is 2.32. The van der Waals surface area contributed by atoms with Crippen molar-refractivity contribution in [3.63, 3.8) is 0 Å². The van der Waals surface area contributed by atoms with Gasteiger partial charge in [0.25, 0.3) is 0 Å². The van der Waals surface area contributed by atoms with Crippen LogP contribution in [0.15, 0.2) is 40.9 Å². The molecule has 3 heteroatoms. The summed E-state index contributed by atoms with van der Waals surface area (Å²) in [6.45, 7) is 7.31. The SMILES string of the molecule is CNCc1ccc(Oc2ccc(Br)cc2C(C)C)c(C)c1. The summed E-state index contributed by atoms with van der Waals surface area (Å²) < 4.78 is 7.23. The Bertz CT molecular complexity index is 623. The Morgan fingerprint density at radius 3 is 2.43 bits per heavy atom. The van der Waals surface area contributed by atoms with Gasteiger partial charge in [-0.1, -0.05) is 41.9 Å². The molecule has 2 rings (SSSR count). The van der Waals surface area contributed by atoms with E-state index in [0.717, 1.165) is 28.1 Å². The predicted octanol–water partition coefficient (Wildman–Crippen LogP) is 5.39. The van der Waals surface area contributed by atoms with Crippen LogP contribution in [0, 0.1) is 6.92 Å². The third-order valence-electron chi connectivity index (χ3n) is 3.43. The van der Waals surface area contributed by atoms with Crippen molar-refractivity contribution in [1.82, 2.24) is 5.32 Å². The monoisotopic (exact) mass is 347 g/mol. The Balaban J connectivity index is 2.30. The molecule has 0 aliphatic rings. The minimum atomic E-state index is 0.418. The van der Waals surface area contributed by atoms with E-state index in [1.165, 1.54) is 11.1 Å². The third-order valence-corrected chi connectivity index (χ3v) is 3.93.